The van der Waals surface area contributed by atoms with Crippen LogP contribution in [0.1, 0.15) is 19.4 Å². The van der Waals surface area contributed by atoms with E-state index in [4.69, 9.17) is 14.6 Å². The lowest BCUT2D eigenvalue weighted by molar-refractivity contribution is -0.229. The largest absolute Gasteiger partial charge is 0.504 e. The normalized spacial score (nSPS) is 37.9. The summed E-state index contributed by atoms with van der Waals surface area (Å²) in [4.78, 5) is 0. The van der Waals surface area contributed by atoms with Gasteiger partial charge in [-0.2, -0.15) is 0 Å². The zero-order valence-corrected chi connectivity index (χ0v) is 13.4. The molecule has 1 aliphatic heterocycles. The van der Waals surface area contributed by atoms with Gasteiger partial charge in [0.2, 0.25) is 5.79 Å². The highest BCUT2D eigenvalue weighted by Crippen LogP contribution is 2.73. The van der Waals surface area contributed by atoms with Crippen molar-refractivity contribution in [2.24, 2.45) is 5.41 Å². The number of fused-ring (bicyclic) bond motifs is 1. The Morgan fingerprint density at radius 2 is 1.96 bits per heavy atom. The molecular formula is C16H22O8. The van der Waals surface area contributed by atoms with Crippen LogP contribution in [0.25, 0.3) is 0 Å². The highest BCUT2D eigenvalue weighted by atomic mass is 16.8. The van der Waals surface area contributed by atoms with Crippen LogP contribution < -0.4 is 0 Å². The van der Waals surface area contributed by atoms with Crippen molar-refractivity contribution in [3.05, 3.63) is 23.8 Å². The predicted molar refractivity (Wildman–Crippen MR) is 80.0 cm³/mol. The van der Waals surface area contributed by atoms with Crippen molar-refractivity contribution >= 4 is 0 Å². The number of rotatable bonds is 5. The van der Waals surface area contributed by atoms with E-state index in [0.29, 0.717) is 0 Å². The van der Waals surface area contributed by atoms with Crippen LogP contribution in [-0.2, 0) is 16.1 Å². The molecule has 3 rings (SSSR count). The molecule has 0 bridgehead atoms. The summed E-state index contributed by atoms with van der Waals surface area (Å²) in [6.45, 7) is 2.45. The van der Waals surface area contributed by atoms with Crippen LogP contribution in [0, 0.1) is 5.41 Å². The number of phenols is 2. The van der Waals surface area contributed by atoms with Crippen molar-refractivity contribution in [2.75, 3.05) is 6.61 Å². The van der Waals surface area contributed by atoms with Crippen molar-refractivity contribution in [3.63, 3.8) is 0 Å². The molecule has 1 aromatic rings. The Bertz CT molecular complexity index is 647. The van der Waals surface area contributed by atoms with Gasteiger partial charge in [0.15, 0.2) is 17.1 Å². The lowest BCUT2D eigenvalue weighted by Crippen LogP contribution is -2.46. The number of ether oxygens (including phenoxy) is 2. The number of phenolic OH excluding ortho intramolecular Hbond substituents is 2. The number of para-hydroxylation sites is 1. The second kappa shape index (κ2) is 5.29. The van der Waals surface area contributed by atoms with Crippen LogP contribution in [0.3, 0.4) is 0 Å². The highest BCUT2D eigenvalue weighted by molar-refractivity contribution is 5.44. The fourth-order valence-electron chi connectivity index (χ4n) is 3.69. The molecule has 134 valence electrons. The summed E-state index contributed by atoms with van der Waals surface area (Å²) in [5.41, 5.74) is -2.47. The van der Waals surface area contributed by atoms with Crippen molar-refractivity contribution in [3.8, 4) is 11.5 Å². The van der Waals surface area contributed by atoms with Crippen LogP contribution in [0.2, 0.25) is 0 Å². The van der Waals surface area contributed by atoms with Crippen molar-refractivity contribution in [1.82, 2.24) is 0 Å². The fourth-order valence-corrected chi connectivity index (χ4v) is 3.69. The van der Waals surface area contributed by atoms with E-state index < -0.39 is 41.7 Å². The zero-order chi connectivity index (χ0) is 17.9. The van der Waals surface area contributed by atoms with Gasteiger partial charge in [0.05, 0.1) is 18.6 Å². The van der Waals surface area contributed by atoms with Gasteiger partial charge in [-0.3, -0.25) is 0 Å². The van der Waals surface area contributed by atoms with Crippen LogP contribution in [0.4, 0.5) is 0 Å². The van der Waals surface area contributed by atoms with Crippen LogP contribution in [-0.4, -0.2) is 66.9 Å². The van der Waals surface area contributed by atoms with E-state index in [1.54, 1.807) is 13.8 Å². The molecule has 1 heterocycles. The Morgan fingerprint density at radius 3 is 2.58 bits per heavy atom. The number of benzene rings is 1. The number of hydrogen-bond donors (Lipinski definition) is 6. The molecular weight excluding hydrogens is 320 g/mol. The SMILES string of the molecule is CC1(C)C2(OCc3cccc(O)c3O)O[C@H]([C@H](O)CO)[C@H](O)[C@]12O. The Balaban J connectivity index is 1.85. The summed E-state index contributed by atoms with van der Waals surface area (Å²) in [5.74, 6) is -2.25. The van der Waals surface area contributed by atoms with E-state index in [2.05, 4.69) is 0 Å². The van der Waals surface area contributed by atoms with E-state index in [1.807, 2.05) is 0 Å². The third-order valence-corrected chi connectivity index (χ3v) is 5.35. The number of hydrogen-bond acceptors (Lipinski definition) is 8. The summed E-state index contributed by atoms with van der Waals surface area (Å²) in [7, 11) is 0. The first-order valence-corrected chi connectivity index (χ1v) is 7.65. The summed E-state index contributed by atoms with van der Waals surface area (Å²) in [5, 5.41) is 59.3. The van der Waals surface area contributed by atoms with E-state index >= 15 is 0 Å². The Labute approximate surface area is 138 Å². The summed E-state index contributed by atoms with van der Waals surface area (Å²) < 4.78 is 11.3. The van der Waals surface area contributed by atoms with Crippen LogP contribution in [0.15, 0.2) is 18.2 Å². The van der Waals surface area contributed by atoms with Gasteiger partial charge in [-0.25, -0.2) is 0 Å². The van der Waals surface area contributed by atoms with E-state index in [0.717, 1.165) is 0 Å². The quantitative estimate of drug-likeness (QED) is 0.382. The molecule has 0 aromatic heterocycles. The van der Waals surface area contributed by atoms with Gasteiger partial charge in [0, 0.05) is 5.56 Å². The molecule has 0 radical (unpaired) electrons. The van der Waals surface area contributed by atoms with Crippen LogP contribution in [0.5, 0.6) is 11.5 Å². The number of aliphatic hydroxyl groups is 4. The van der Waals surface area contributed by atoms with E-state index in [1.165, 1.54) is 18.2 Å². The molecule has 1 aromatic carbocycles. The first-order valence-electron chi connectivity index (χ1n) is 7.65. The number of aliphatic hydroxyl groups excluding tert-OH is 3. The molecule has 0 amide bonds. The van der Waals surface area contributed by atoms with Crippen LogP contribution >= 0.6 is 0 Å². The van der Waals surface area contributed by atoms with Gasteiger partial charge in [-0.05, 0) is 6.07 Å². The minimum atomic E-state index is -1.77. The molecule has 1 saturated heterocycles. The standard InChI is InChI=1S/C16H22O8/c1-14(2)15(22)13(21)12(10(19)6-17)24-16(14,15)23-7-8-4-3-5-9(18)11(8)20/h3-5,10,12-13,17-22H,6-7H2,1-2H3/t10-,12-,13+,15+,16?/m1/s1. The lowest BCUT2D eigenvalue weighted by Gasteiger charge is -2.28. The molecule has 2 aliphatic rings. The van der Waals surface area contributed by atoms with Gasteiger partial charge < -0.3 is 40.1 Å². The fraction of sp³-hybridized carbons (Fsp3) is 0.625. The number of aromatic hydroxyl groups is 2. The topological polar surface area (TPSA) is 140 Å². The predicted octanol–water partition coefficient (Wildman–Crippen LogP) is -0.806. The summed E-state index contributed by atoms with van der Waals surface area (Å²) >= 11 is 0. The molecule has 8 heteroatoms. The molecule has 1 saturated carbocycles. The molecule has 0 spiro atoms. The second-order valence-electron chi connectivity index (χ2n) is 6.86. The molecule has 1 aliphatic carbocycles. The molecule has 1 unspecified atom stereocenters. The molecule has 8 nitrogen and oxygen atoms in total. The maximum atomic E-state index is 10.8. The molecule has 24 heavy (non-hydrogen) atoms. The van der Waals surface area contributed by atoms with Gasteiger partial charge in [-0.15, -0.1) is 0 Å². The lowest BCUT2D eigenvalue weighted by atomic mass is 9.95. The Morgan fingerprint density at radius 1 is 1.29 bits per heavy atom. The molecule has 5 atom stereocenters. The first-order chi connectivity index (χ1) is 11.1. The smallest absolute Gasteiger partial charge is 0.210 e. The van der Waals surface area contributed by atoms with Gasteiger partial charge >= 0.3 is 0 Å². The van der Waals surface area contributed by atoms with E-state index in [-0.39, 0.29) is 23.7 Å². The average Bonchev–Trinajstić information content (AvgIpc) is 2.78. The third-order valence-electron chi connectivity index (χ3n) is 5.35. The minimum Gasteiger partial charge on any atom is -0.504 e. The van der Waals surface area contributed by atoms with Gasteiger partial charge in [-0.1, -0.05) is 26.0 Å². The maximum absolute atomic E-state index is 10.8. The van der Waals surface area contributed by atoms with Gasteiger partial charge in [0.25, 0.3) is 0 Å². The average molecular weight is 342 g/mol. The Kier molecular flexibility index (Phi) is 3.83. The third kappa shape index (κ3) is 1.89. The summed E-state index contributed by atoms with van der Waals surface area (Å²) in [6.07, 6.45) is -4.03. The van der Waals surface area contributed by atoms with Crippen molar-refractivity contribution < 1.29 is 40.1 Å². The highest BCUT2D eigenvalue weighted by Gasteiger charge is 2.93. The second-order valence-corrected chi connectivity index (χ2v) is 6.86. The maximum Gasteiger partial charge on any atom is 0.210 e. The molecule has 2 fully saturated rings. The van der Waals surface area contributed by atoms with E-state index in [9.17, 15) is 25.5 Å². The first kappa shape index (κ1) is 17.4. The van der Waals surface area contributed by atoms with Crippen molar-refractivity contribution in [2.45, 2.75) is 50.2 Å². The monoisotopic (exact) mass is 342 g/mol. The van der Waals surface area contributed by atoms with Crippen molar-refractivity contribution in [1.29, 1.82) is 0 Å². The Hall–Kier alpha value is -1.42. The minimum absolute atomic E-state index is 0.194. The molecule has 6 N–H and O–H groups in total. The zero-order valence-electron chi connectivity index (χ0n) is 13.4. The van der Waals surface area contributed by atoms with Gasteiger partial charge in [0.1, 0.15) is 18.3 Å². The summed E-state index contributed by atoms with van der Waals surface area (Å²) in [6, 6.07) is 4.38.